The van der Waals surface area contributed by atoms with Gasteiger partial charge < -0.3 is 15.5 Å². The third-order valence-electron chi connectivity index (χ3n) is 4.29. The van der Waals surface area contributed by atoms with Gasteiger partial charge in [-0.2, -0.15) is 0 Å². The number of nitrogens with zero attached hydrogens (tertiary/aromatic N) is 1. The highest BCUT2D eigenvalue weighted by atomic mass is 16.2. The van der Waals surface area contributed by atoms with E-state index >= 15 is 0 Å². The van der Waals surface area contributed by atoms with E-state index in [1.165, 1.54) is 5.56 Å². The third kappa shape index (κ3) is 4.18. The van der Waals surface area contributed by atoms with Crippen LogP contribution in [0.2, 0.25) is 0 Å². The number of para-hydroxylation sites is 1. The molecule has 2 N–H and O–H groups in total. The van der Waals surface area contributed by atoms with Crippen molar-refractivity contribution >= 4 is 23.2 Å². The van der Waals surface area contributed by atoms with Crippen molar-refractivity contribution in [1.29, 1.82) is 0 Å². The molecule has 0 fully saturated rings. The molecule has 3 rings (SSSR count). The first-order valence-corrected chi connectivity index (χ1v) is 8.68. The van der Waals surface area contributed by atoms with E-state index in [4.69, 9.17) is 0 Å². The molecule has 2 aromatic rings. The van der Waals surface area contributed by atoms with Crippen molar-refractivity contribution in [3.05, 3.63) is 59.7 Å². The van der Waals surface area contributed by atoms with Crippen molar-refractivity contribution in [3.8, 4) is 0 Å². The van der Waals surface area contributed by atoms with Gasteiger partial charge in [-0.3, -0.25) is 9.59 Å². The maximum absolute atomic E-state index is 12.4. The molecule has 0 aliphatic carbocycles. The molecule has 0 atom stereocenters. The van der Waals surface area contributed by atoms with Gasteiger partial charge in [-0.1, -0.05) is 24.3 Å². The highest BCUT2D eigenvalue weighted by molar-refractivity contribution is 5.98. The van der Waals surface area contributed by atoms with Crippen molar-refractivity contribution < 1.29 is 9.59 Å². The molecular formula is C20H23N3O2. The Morgan fingerprint density at radius 1 is 1.12 bits per heavy atom. The molecule has 25 heavy (non-hydrogen) atoms. The quantitative estimate of drug-likeness (QED) is 0.882. The summed E-state index contributed by atoms with van der Waals surface area (Å²) in [6, 6.07) is 15.2. The van der Waals surface area contributed by atoms with Crippen LogP contribution in [0.4, 0.5) is 11.4 Å². The Bertz CT molecular complexity index is 773. The summed E-state index contributed by atoms with van der Waals surface area (Å²) < 4.78 is 0. The molecular weight excluding hydrogens is 314 g/mol. The lowest BCUT2D eigenvalue weighted by molar-refractivity contribution is -0.115. The van der Waals surface area contributed by atoms with Gasteiger partial charge in [-0.05, 0) is 49.6 Å². The summed E-state index contributed by atoms with van der Waals surface area (Å²) in [6.45, 7) is 3.63. The first kappa shape index (κ1) is 17.0. The lowest BCUT2D eigenvalue weighted by Crippen LogP contribution is -2.36. The average Bonchev–Trinajstić information content (AvgIpc) is 2.62. The number of anilines is 2. The summed E-state index contributed by atoms with van der Waals surface area (Å²) in [5, 5.41) is 5.66. The van der Waals surface area contributed by atoms with Crippen molar-refractivity contribution in [2.75, 3.05) is 29.9 Å². The molecule has 0 radical (unpaired) electrons. The first-order chi connectivity index (χ1) is 12.2. The van der Waals surface area contributed by atoms with E-state index in [2.05, 4.69) is 27.7 Å². The fourth-order valence-corrected chi connectivity index (χ4v) is 3.15. The minimum absolute atomic E-state index is 0.0789. The summed E-state index contributed by atoms with van der Waals surface area (Å²) >= 11 is 0. The van der Waals surface area contributed by atoms with Crippen LogP contribution in [0, 0.1) is 0 Å². The largest absolute Gasteiger partial charge is 0.362 e. The van der Waals surface area contributed by atoms with Gasteiger partial charge in [0, 0.05) is 30.0 Å². The first-order valence-electron chi connectivity index (χ1n) is 8.68. The smallest absolute Gasteiger partial charge is 0.251 e. The maximum Gasteiger partial charge on any atom is 0.251 e. The van der Waals surface area contributed by atoms with Gasteiger partial charge in [0.15, 0.2) is 0 Å². The zero-order chi connectivity index (χ0) is 17.6. The summed E-state index contributed by atoms with van der Waals surface area (Å²) in [4.78, 5) is 26.5. The molecule has 2 amide bonds. The SMILES string of the molecule is CCNC(=O)c1cccc(NC(=O)CN2CCCc3ccccc32)c1. The van der Waals surface area contributed by atoms with Gasteiger partial charge in [0.2, 0.25) is 5.91 Å². The number of aryl methyl sites for hydroxylation is 1. The number of hydrogen-bond donors (Lipinski definition) is 2. The second kappa shape index (κ2) is 7.83. The van der Waals surface area contributed by atoms with Crippen LogP contribution in [0.25, 0.3) is 0 Å². The number of nitrogens with one attached hydrogen (secondary N) is 2. The molecule has 0 unspecified atom stereocenters. The Kier molecular flexibility index (Phi) is 5.33. The van der Waals surface area contributed by atoms with Crippen LogP contribution in [0.15, 0.2) is 48.5 Å². The molecule has 2 aromatic carbocycles. The molecule has 1 aliphatic rings. The topological polar surface area (TPSA) is 61.4 Å². The van der Waals surface area contributed by atoms with Gasteiger partial charge in [-0.15, -0.1) is 0 Å². The van der Waals surface area contributed by atoms with Crippen molar-refractivity contribution in [3.63, 3.8) is 0 Å². The van der Waals surface area contributed by atoms with Crippen molar-refractivity contribution in [2.24, 2.45) is 0 Å². The predicted octanol–water partition coefficient (Wildman–Crippen LogP) is 2.83. The third-order valence-corrected chi connectivity index (χ3v) is 4.29. The molecule has 0 saturated carbocycles. The predicted molar refractivity (Wildman–Crippen MR) is 100 cm³/mol. The highest BCUT2D eigenvalue weighted by Crippen LogP contribution is 2.26. The number of rotatable bonds is 5. The molecule has 0 aromatic heterocycles. The number of carbonyl (C=O) groups is 2. The molecule has 0 spiro atoms. The lowest BCUT2D eigenvalue weighted by Gasteiger charge is -2.30. The van der Waals surface area contributed by atoms with E-state index in [0.717, 1.165) is 25.1 Å². The van der Waals surface area contributed by atoms with Crippen LogP contribution in [-0.2, 0) is 11.2 Å². The number of hydrogen-bond acceptors (Lipinski definition) is 3. The maximum atomic E-state index is 12.4. The summed E-state index contributed by atoms with van der Waals surface area (Å²) in [5.41, 5.74) is 3.61. The fourth-order valence-electron chi connectivity index (χ4n) is 3.15. The Hall–Kier alpha value is -2.82. The van der Waals surface area contributed by atoms with Crippen LogP contribution < -0.4 is 15.5 Å². The molecule has 0 saturated heterocycles. The Morgan fingerprint density at radius 3 is 2.80 bits per heavy atom. The molecule has 1 aliphatic heterocycles. The van der Waals surface area contributed by atoms with E-state index < -0.39 is 0 Å². The second-order valence-corrected chi connectivity index (χ2v) is 6.14. The van der Waals surface area contributed by atoms with E-state index in [1.54, 1.807) is 24.3 Å². The minimum atomic E-state index is -0.136. The van der Waals surface area contributed by atoms with Crippen molar-refractivity contribution in [1.82, 2.24) is 5.32 Å². The molecule has 130 valence electrons. The fraction of sp³-hybridized carbons (Fsp3) is 0.300. The van der Waals surface area contributed by atoms with Crippen LogP contribution in [0.1, 0.15) is 29.3 Å². The standard InChI is InChI=1S/C20H23N3O2/c1-2-21-20(25)16-8-5-10-17(13-16)22-19(24)14-23-12-6-9-15-7-3-4-11-18(15)23/h3-5,7-8,10-11,13H,2,6,9,12,14H2,1H3,(H,21,25)(H,22,24). The van der Waals surface area contributed by atoms with Crippen molar-refractivity contribution in [2.45, 2.75) is 19.8 Å². The lowest BCUT2D eigenvalue weighted by atomic mass is 10.0. The van der Waals surface area contributed by atoms with Gasteiger partial charge >= 0.3 is 0 Å². The minimum Gasteiger partial charge on any atom is -0.362 e. The zero-order valence-electron chi connectivity index (χ0n) is 14.4. The monoisotopic (exact) mass is 337 g/mol. The number of benzene rings is 2. The highest BCUT2D eigenvalue weighted by Gasteiger charge is 2.18. The van der Waals surface area contributed by atoms with Gasteiger partial charge in [0.25, 0.3) is 5.91 Å². The van der Waals surface area contributed by atoms with E-state index in [9.17, 15) is 9.59 Å². The molecule has 5 heteroatoms. The van der Waals surface area contributed by atoms with Gasteiger partial charge in [-0.25, -0.2) is 0 Å². The summed E-state index contributed by atoms with van der Waals surface area (Å²) in [6.07, 6.45) is 2.11. The van der Waals surface area contributed by atoms with Crippen LogP contribution in [0.5, 0.6) is 0 Å². The summed E-state index contributed by atoms with van der Waals surface area (Å²) in [5.74, 6) is -0.215. The Morgan fingerprint density at radius 2 is 1.96 bits per heavy atom. The Balaban J connectivity index is 1.66. The summed E-state index contributed by atoms with van der Waals surface area (Å²) in [7, 11) is 0. The number of carbonyl (C=O) groups excluding carboxylic acids is 2. The normalized spacial score (nSPS) is 13.1. The Labute approximate surface area is 148 Å². The molecule has 1 heterocycles. The zero-order valence-corrected chi connectivity index (χ0v) is 14.4. The van der Waals surface area contributed by atoms with Gasteiger partial charge in [0.05, 0.1) is 6.54 Å². The van der Waals surface area contributed by atoms with E-state index in [0.29, 0.717) is 24.3 Å². The second-order valence-electron chi connectivity index (χ2n) is 6.14. The number of fused-ring (bicyclic) bond motifs is 1. The van der Waals surface area contributed by atoms with Crippen LogP contribution in [-0.4, -0.2) is 31.4 Å². The average molecular weight is 337 g/mol. The van der Waals surface area contributed by atoms with E-state index in [1.807, 2.05) is 19.1 Å². The van der Waals surface area contributed by atoms with Gasteiger partial charge in [0.1, 0.15) is 0 Å². The number of amides is 2. The van der Waals surface area contributed by atoms with Crippen LogP contribution in [0.3, 0.4) is 0 Å². The molecule has 0 bridgehead atoms. The molecule has 5 nitrogen and oxygen atoms in total. The van der Waals surface area contributed by atoms with E-state index in [-0.39, 0.29) is 11.8 Å². The van der Waals surface area contributed by atoms with Crippen LogP contribution >= 0.6 is 0 Å².